The first kappa shape index (κ1) is 17.1. The van der Waals surface area contributed by atoms with Gasteiger partial charge in [-0.15, -0.1) is 0 Å². The number of para-hydroxylation sites is 2. The Labute approximate surface area is 155 Å². The molecular weight excluding hydrogens is 346 g/mol. The van der Waals surface area contributed by atoms with Crippen molar-refractivity contribution in [1.82, 2.24) is 9.55 Å². The number of carbonyl (C=O) groups is 2. The van der Waals surface area contributed by atoms with Gasteiger partial charge in [0.25, 0.3) is 0 Å². The minimum atomic E-state index is -1.03. The Morgan fingerprint density at radius 2 is 2.04 bits per heavy atom. The van der Waals surface area contributed by atoms with E-state index >= 15 is 0 Å². The van der Waals surface area contributed by atoms with E-state index in [2.05, 4.69) is 10.3 Å². The van der Waals surface area contributed by atoms with Crippen LogP contribution in [0.15, 0.2) is 48.5 Å². The van der Waals surface area contributed by atoms with Gasteiger partial charge in [-0.3, -0.25) is 14.9 Å². The Morgan fingerprint density at radius 3 is 2.81 bits per heavy atom. The number of hydrogen-bond donors (Lipinski definition) is 1. The Bertz CT molecular complexity index is 1030. The summed E-state index contributed by atoms with van der Waals surface area (Å²) in [7, 11) is 1.58. The Hall–Kier alpha value is -3.35. The molecule has 0 aliphatic carbocycles. The molecule has 138 valence electrons. The van der Waals surface area contributed by atoms with Gasteiger partial charge in [0.1, 0.15) is 5.75 Å². The second-order valence-electron chi connectivity index (χ2n) is 6.23. The van der Waals surface area contributed by atoms with Gasteiger partial charge in [-0.2, -0.15) is 0 Å². The maximum atomic E-state index is 12.8. The molecule has 0 fully saturated rings. The number of ether oxygens (including phenoxy) is 2. The Morgan fingerprint density at radius 1 is 1.22 bits per heavy atom. The molecule has 1 aliphatic heterocycles. The highest BCUT2D eigenvalue weighted by Crippen LogP contribution is 2.39. The number of amides is 1. The van der Waals surface area contributed by atoms with Gasteiger partial charge < -0.3 is 14.0 Å². The molecular formula is C20H19N3O4. The minimum Gasteiger partial charge on any atom is -0.497 e. The molecule has 1 aromatic heterocycles. The maximum absolute atomic E-state index is 12.8. The number of aromatic nitrogens is 2. The lowest BCUT2D eigenvalue weighted by atomic mass is 9.90. The number of methoxy groups -OCH3 is 1. The molecule has 0 saturated carbocycles. The van der Waals surface area contributed by atoms with E-state index in [-0.39, 0.29) is 6.61 Å². The zero-order valence-electron chi connectivity index (χ0n) is 15.0. The van der Waals surface area contributed by atoms with Crippen molar-refractivity contribution in [1.29, 1.82) is 0 Å². The zero-order chi connectivity index (χ0) is 19.0. The standard InChI is InChI=1S/C20H19N3O4/c1-3-27-19(25)16-17(12-7-6-8-13(11-12)26-2)23-15-10-5-4-9-14(15)21-20(23)22-18(16)24/h4-11,16-17H,3H2,1-2H3,(H,21,22,24). The van der Waals surface area contributed by atoms with Gasteiger partial charge in [0.2, 0.25) is 11.9 Å². The van der Waals surface area contributed by atoms with Crippen LogP contribution in [0.3, 0.4) is 0 Å². The molecule has 2 heterocycles. The molecule has 7 nitrogen and oxygen atoms in total. The lowest BCUT2D eigenvalue weighted by molar-refractivity contribution is -0.152. The summed E-state index contributed by atoms with van der Waals surface area (Å²) in [4.78, 5) is 30.0. The van der Waals surface area contributed by atoms with Crippen molar-refractivity contribution in [3.63, 3.8) is 0 Å². The van der Waals surface area contributed by atoms with E-state index in [1.54, 1.807) is 14.0 Å². The fourth-order valence-corrected chi connectivity index (χ4v) is 3.53. The van der Waals surface area contributed by atoms with E-state index in [0.717, 1.165) is 16.6 Å². The van der Waals surface area contributed by atoms with Crippen molar-refractivity contribution in [3.8, 4) is 5.75 Å². The maximum Gasteiger partial charge on any atom is 0.321 e. The van der Waals surface area contributed by atoms with Gasteiger partial charge in [0.15, 0.2) is 5.92 Å². The molecule has 7 heteroatoms. The lowest BCUT2D eigenvalue weighted by Gasteiger charge is -2.32. The van der Waals surface area contributed by atoms with Crippen LogP contribution < -0.4 is 10.1 Å². The van der Waals surface area contributed by atoms with Gasteiger partial charge in [-0.05, 0) is 36.8 Å². The van der Waals surface area contributed by atoms with Crippen LogP contribution in [0.1, 0.15) is 18.5 Å². The molecule has 4 rings (SSSR count). The van der Waals surface area contributed by atoms with Crippen molar-refractivity contribution < 1.29 is 19.1 Å². The molecule has 1 amide bonds. The van der Waals surface area contributed by atoms with Crippen molar-refractivity contribution in [3.05, 3.63) is 54.1 Å². The summed E-state index contributed by atoms with van der Waals surface area (Å²) in [6.07, 6.45) is 0. The summed E-state index contributed by atoms with van der Waals surface area (Å²) in [5, 5.41) is 2.75. The largest absolute Gasteiger partial charge is 0.497 e. The first-order valence-corrected chi connectivity index (χ1v) is 8.72. The third-order valence-electron chi connectivity index (χ3n) is 4.68. The fraction of sp³-hybridized carbons (Fsp3) is 0.250. The smallest absolute Gasteiger partial charge is 0.321 e. The summed E-state index contributed by atoms with van der Waals surface area (Å²) < 4.78 is 12.4. The van der Waals surface area contributed by atoms with Crippen LogP contribution in [0.25, 0.3) is 11.0 Å². The molecule has 0 spiro atoms. The summed E-state index contributed by atoms with van der Waals surface area (Å²) in [6, 6.07) is 14.3. The second kappa shape index (κ2) is 6.75. The minimum absolute atomic E-state index is 0.199. The third-order valence-corrected chi connectivity index (χ3v) is 4.68. The van der Waals surface area contributed by atoms with Gasteiger partial charge >= 0.3 is 5.97 Å². The highest BCUT2D eigenvalue weighted by molar-refractivity contribution is 6.07. The predicted octanol–water partition coefficient (Wildman–Crippen LogP) is 2.77. The van der Waals surface area contributed by atoms with Crippen LogP contribution in [-0.4, -0.2) is 35.1 Å². The van der Waals surface area contributed by atoms with E-state index in [1.165, 1.54) is 0 Å². The number of fused-ring (bicyclic) bond motifs is 3. The van der Waals surface area contributed by atoms with Gasteiger partial charge in [0, 0.05) is 0 Å². The number of imidazole rings is 1. The molecule has 2 unspecified atom stereocenters. The highest BCUT2D eigenvalue weighted by atomic mass is 16.5. The molecule has 0 bridgehead atoms. The van der Waals surface area contributed by atoms with Crippen LogP contribution in [0.2, 0.25) is 0 Å². The average Bonchev–Trinajstić information content (AvgIpc) is 3.04. The SMILES string of the molecule is CCOC(=O)C1C(=O)Nc2nc3ccccc3n2C1c1cccc(OC)c1. The number of benzene rings is 2. The molecule has 1 N–H and O–H groups in total. The first-order valence-electron chi connectivity index (χ1n) is 8.72. The van der Waals surface area contributed by atoms with E-state index in [4.69, 9.17) is 9.47 Å². The second-order valence-corrected chi connectivity index (χ2v) is 6.23. The molecule has 27 heavy (non-hydrogen) atoms. The Kier molecular flexibility index (Phi) is 4.27. The summed E-state index contributed by atoms with van der Waals surface area (Å²) in [6.45, 7) is 1.92. The first-order chi connectivity index (χ1) is 13.1. The van der Waals surface area contributed by atoms with Gasteiger partial charge in [-0.25, -0.2) is 4.98 Å². The Balaban J connectivity index is 1.96. The van der Waals surface area contributed by atoms with Gasteiger partial charge in [0.05, 0.1) is 30.8 Å². The summed E-state index contributed by atoms with van der Waals surface area (Å²) in [5.74, 6) is -0.959. The summed E-state index contributed by atoms with van der Waals surface area (Å²) >= 11 is 0. The average molecular weight is 365 g/mol. The van der Waals surface area contributed by atoms with E-state index in [1.807, 2.05) is 53.1 Å². The molecule has 2 atom stereocenters. The summed E-state index contributed by atoms with van der Waals surface area (Å²) in [5.41, 5.74) is 2.34. The van der Waals surface area contributed by atoms with E-state index in [9.17, 15) is 9.59 Å². The number of nitrogens with one attached hydrogen (secondary N) is 1. The molecule has 0 radical (unpaired) electrons. The quantitative estimate of drug-likeness (QED) is 0.568. The van der Waals surface area contributed by atoms with Crippen molar-refractivity contribution in [2.45, 2.75) is 13.0 Å². The van der Waals surface area contributed by atoms with Crippen LogP contribution >= 0.6 is 0 Å². The fourth-order valence-electron chi connectivity index (χ4n) is 3.53. The zero-order valence-corrected chi connectivity index (χ0v) is 15.0. The van der Waals surface area contributed by atoms with Crippen LogP contribution in [0.5, 0.6) is 5.75 Å². The normalized spacial score (nSPS) is 18.7. The van der Waals surface area contributed by atoms with Crippen LogP contribution in [0, 0.1) is 5.92 Å². The molecule has 0 saturated heterocycles. The lowest BCUT2D eigenvalue weighted by Crippen LogP contribution is -2.43. The van der Waals surface area contributed by atoms with Crippen LogP contribution in [-0.2, 0) is 14.3 Å². The highest BCUT2D eigenvalue weighted by Gasteiger charge is 2.44. The predicted molar refractivity (Wildman–Crippen MR) is 99.6 cm³/mol. The van der Waals surface area contributed by atoms with Crippen LogP contribution in [0.4, 0.5) is 5.95 Å². The number of carbonyl (C=O) groups excluding carboxylic acids is 2. The number of anilines is 1. The van der Waals surface area contributed by atoms with E-state index < -0.39 is 23.8 Å². The van der Waals surface area contributed by atoms with Crippen molar-refractivity contribution in [2.24, 2.45) is 5.92 Å². The number of esters is 1. The van der Waals surface area contributed by atoms with E-state index in [0.29, 0.717) is 11.7 Å². The molecule has 1 aliphatic rings. The van der Waals surface area contributed by atoms with Crippen molar-refractivity contribution in [2.75, 3.05) is 19.0 Å². The number of hydrogen-bond acceptors (Lipinski definition) is 5. The monoisotopic (exact) mass is 365 g/mol. The van der Waals surface area contributed by atoms with Crippen molar-refractivity contribution >= 4 is 28.9 Å². The molecule has 2 aromatic carbocycles. The number of nitrogens with zero attached hydrogens (tertiary/aromatic N) is 2. The topological polar surface area (TPSA) is 82.5 Å². The molecule has 3 aromatic rings. The number of rotatable bonds is 4. The third kappa shape index (κ3) is 2.81. The van der Waals surface area contributed by atoms with Gasteiger partial charge in [-0.1, -0.05) is 24.3 Å².